The van der Waals surface area contributed by atoms with Crippen molar-refractivity contribution in [2.24, 2.45) is 0 Å². The maximum Gasteiger partial charge on any atom is 0.241 e. The molecule has 1 aromatic carbocycles. The summed E-state index contributed by atoms with van der Waals surface area (Å²) in [5.74, 6) is 0. The van der Waals surface area contributed by atoms with Crippen molar-refractivity contribution >= 4 is 0 Å². The lowest BCUT2D eigenvalue weighted by Gasteiger charge is -2.16. The van der Waals surface area contributed by atoms with Gasteiger partial charge in [-0.1, -0.05) is 37.5 Å². The van der Waals surface area contributed by atoms with Crippen LogP contribution in [0.5, 0.6) is 0 Å². The van der Waals surface area contributed by atoms with Gasteiger partial charge in [-0.15, -0.1) is 0 Å². The Kier molecular flexibility index (Phi) is 6.23. The highest BCUT2D eigenvalue weighted by atomic mass is 15.0. The number of aromatic amines is 1. The van der Waals surface area contributed by atoms with Crippen molar-refractivity contribution in [3.63, 3.8) is 0 Å². The van der Waals surface area contributed by atoms with E-state index >= 15 is 0 Å². The number of aromatic nitrogens is 2. The van der Waals surface area contributed by atoms with E-state index in [-0.39, 0.29) is 0 Å². The SMILES string of the molecule is CCCCCC(CCc1c(C)cc(C)cc1C)[n+]1cc[nH]c1. The lowest BCUT2D eigenvalue weighted by atomic mass is 9.93. The zero-order valence-electron chi connectivity index (χ0n) is 14.7. The van der Waals surface area contributed by atoms with Crippen LogP contribution in [0.25, 0.3) is 0 Å². The highest BCUT2D eigenvalue weighted by Gasteiger charge is 2.16. The van der Waals surface area contributed by atoms with E-state index in [0.29, 0.717) is 6.04 Å². The van der Waals surface area contributed by atoms with Gasteiger partial charge < -0.3 is 0 Å². The number of hydrogen-bond donors (Lipinski definition) is 1. The van der Waals surface area contributed by atoms with Crippen LogP contribution < -0.4 is 4.57 Å². The normalized spacial score (nSPS) is 12.5. The summed E-state index contributed by atoms with van der Waals surface area (Å²) in [4.78, 5) is 3.19. The maximum absolute atomic E-state index is 3.19. The summed E-state index contributed by atoms with van der Waals surface area (Å²) in [5.41, 5.74) is 5.81. The smallest absolute Gasteiger partial charge is 0.241 e. The van der Waals surface area contributed by atoms with Gasteiger partial charge in [-0.25, -0.2) is 4.57 Å². The second-order valence-electron chi connectivity index (χ2n) is 6.62. The summed E-state index contributed by atoms with van der Waals surface area (Å²) in [6, 6.07) is 5.24. The molecule has 0 saturated heterocycles. The van der Waals surface area contributed by atoms with Gasteiger partial charge in [0, 0.05) is 0 Å². The molecule has 0 aliphatic heterocycles. The van der Waals surface area contributed by atoms with Crippen LogP contribution in [-0.4, -0.2) is 4.98 Å². The van der Waals surface area contributed by atoms with E-state index in [9.17, 15) is 0 Å². The van der Waals surface area contributed by atoms with E-state index in [1.807, 2.05) is 6.20 Å². The van der Waals surface area contributed by atoms with Crippen molar-refractivity contribution in [2.45, 2.75) is 72.3 Å². The minimum absolute atomic E-state index is 0.609. The van der Waals surface area contributed by atoms with Crippen LogP contribution in [0.15, 0.2) is 30.9 Å². The molecular formula is C20H31N2+. The fourth-order valence-electron chi connectivity index (χ4n) is 3.52. The number of unbranched alkanes of at least 4 members (excludes halogenated alkanes) is 2. The summed E-state index contributed by atoms with van der Waals surface area (Å²) in [7, 11) is 0. The Morgan fingerprint density at radius 2 is 1.77 bits per heavy atom. The average Bonchev–Trinajstić information content (AvgIpc) is 2.98. The van der Waals surface area contributed by atoms with Crippen molar-refractivity contribution < 1.29 is 4.57 Å². The number of imidazole rings is 1. The van der Waals surface area contributed by atoms with Crippen molar-refractivity contribution in [1.82, 2.24) is 4.98 Å². The molecule has 2 rings (SSSR count). The number of rotatable bonds is 8. The van der Waals surface area contributed by atoms with Gasteiger partial charge in [0.15, 0.2) is 0 Å². The number of nitrogens with one attached hydrogen (secondary N) is 1. The summed E-state index contributed by atoms with van der Waals surface area (Å²) in [6.07, 6.45) is 13.9. The fourth-order valence-corrected chi connectivity index (χ4v) is 3.52. The van der Waals surface area contributed by atoms with Gasteiger partial charge in [0.2, 0.25) is 6.33 Å². The zero-order chi connectivity index (χ0) is 15.9. The highest BCUT2D eigenvalue weighted by Crippen LogP contribution is 2.22. The fraction of sp³-hybridized carbons (Fsp3) is 0.550. The Hall–Kier alpha value is -1.57. The highest BCUT2D eigenvalue weighted by molar-refractivity contribution is 5.37. The second-order valence-corrected chi connectivity index (χ2v) is 6.62. The largest absolute Gasteiger partial charge is 0.250 e. The van der Waals surface area contributed by atoms with E-state index in [1.165, 1.54) is 55.2 Å². The Bertz CT molecular complexity index is 546. The summed E-state index contributed by atoms with van der Waals surface area (Å²) >= 11 is 0. The summed E-state index contributed by atoms with van der Waals surface area (Å²) < 4.78 is 2.36. The van der Waals surface area contributed by atoms with Crippen molar-refractivity contribution in [3.05, 3.63) is 53.1 Å². The molecule has 0 bridgehead atoms. The van der Waals surface area contributed by atoms with Crippen molar-refractivity contribution in [2.75, 3.05) is 0 Å². The number of aryl methyl sites for hydroxylation is 3. The number of nitrogens with zero attached hydrogens (tertiary/aromatic N) is 1. The molecule has 1 aromatic heterocycles. The monoisotopic (exact) mass is 299 g/mol. The lowest BCUT2D eigenvalue weighted by Crippen LogP contribution is -2.37. The molecule has 0 amide bonds. The zero-order valence-corrected chi connectivity index (χ0v) is 14.7. The van der Waals surface area contributed by atoms with Crippen molar-refractivity contribution in [3.8, 4) is 0 Å². The molecule has 1 heterocycles. The molecule has 0 aliphatic carbocycles. The average molecular weight is 299 g/mol. The molecule has 1 atom stereocenters. The minimum Gasteiger partial charge on any atom is -0.250 e. The molecule has 0 radical (unpaired) electrons. The Morgan fingerprint density at radius 1 is 1.05 bits per heavy atom. The van der Waals surface area contributed by atoms with Crippen molar-refractivity contribution in [1.29, 1.82) is 0 Å². The maximum atomic E-state index is 3.19. The van der Waals surface area contributed by atoms with E-state index in [1.54, 1.807) is 5.56 Å². The molecular weight excluding hydrogens is 268 g/mol. The third-order valence-corrected chi connectivity index (χ3v) is 4.70. The van der Waals surface area contributed by atoms with Gasteiger partial charge in [0.1, 0.15) is 18.4 Å². The van der Waals surface area contributed by atoms with Crippen LogP contribution in [0.1, 0.15) is 67.3 Å². The van der Waals surface area contributed by atoms with Crippen LogP contribution in [-0.2, 0) is 6.42 Å². The molecule has 2 nitrogen and oxygen atoms in total. The predicted molar refractivity (Wildman–Crippen MR) is 93.1 cm³/mol. The first-order valence-corrected chi connectivity index (χ1v) is 8.72. The van der Waals surface area contributed by atoms with Crippen LogP contribution >= 0.6 is 0 Å². The Balaban J connectivity index is 2.05. The standard InChI is InChI=1S/C20H30N2/c1-5-6-7-8-19(22-12-11-21-15-22)9-10-20-17(3)13-16(2)14-18(20)4/h11-15,19H,5-10H2,1-4H3/p+1. The minimum atomic E-state index is 0.609. The summed E-state index contributed by atoms with van der Waals surface area (Å²) in [6.45, 7) is 8.97. The molecule has 2 aromatic rings. The van der Waals surface area contributed by atoms with Crippen LogP contribution in [0.4, 0.5) is 0 Å². The predicted octanol–water partition coefficient (Wildman–Crippen LogP) is 4.98. The third kappa shape index (κ3) is 4.46. The Labute approximate surface area is 135 Å². The number of H-pyrrole nitrogens is 1. The first-order chi connectivity index (χ1) is 10.6. The van der Waals surface area contributed by atoms with E-state index in [2.05, 4.69) is 61.9 Å². The molecule has 1 unspecified atom stereocenters. The van der Waals surface area contributed by atoms with Crippen LogP contribution in [0.3, 0.4) is 0 Å². The lowest BCUT2D eigenvalue weighted by molar-refractivity contribution is -0.723. The van der Waals surface area contributed by atoms with Gasteiger partial charge in [-0.05, 0) is 63.1 Å². The van der Waals surface area contributed by atoms with Crippen LogP contribution in [0.2, 0.25) is 0 Å². The van der Waals surface area contributed by atoms with Gasteiger partial charge in [-0.2, -0.15) is 0 Å². The first-order valence-electron chi connectivity index (χ1n) is 8.72. The molecule has 22 heavy (non-hydrogen) atoms. The number of benzene rings is 1. The molecule has 0 aliphatic rings. The van der Waals surface area contributed by atoms with E-state index in [0.717, 1.165) is 0 Å². The molecule has 0 fully saturated rings. The van der Waals surface area contributed by atoms with Gasteiger partial charge in [0.25, 0.3) is 0 Å². The van der Waals surface area contributed by atoms with E-state index in [4.69, 9.17) is 0 Å². The quantitative estimate of drug-likeness (QED) is 0.524. The third-order valence-electron chi connectivity index (χ3n) is 4.70. The topological polar surface area (TPSA) is 19.7 Å². The molecule has 0 saturated carbocycles. The molecule has 1 N–H and O–H groups in total. The van der Waals surface area contributed by atoms with E-state index < -0.39 is 0 Å². The van der Waals surface area contributed by atoms with Gasteiger partial charge >= 0.3 is 0 Å². The second kappa shape index (κ2) is 8.17. The Morgan fingerprint density at radius 3 is 2.36 bits per heavy atom. The molecule has 0 spiro atoms. The van der Waals surface area contributed by atoms with Gasteiger partial charge in [0.05, 0.1) is 0 Å². The molecule has 2 heteroatoms. The molecule has 120 valence electrons. The number of hydrogen-bond acceptors (Lipinski definition) is 0. The van der Waals surface area contributed by atoms with Gasteiger partial charge in [-0.3, -0.25) is 4.98 Å². The van der Waals surface area contributed by atoms with Crippen LogP contribution in [0, 0.1) is 20.8 Å². The summed E-state index contributed by atoms with van der Waals surface area (Å²) in [5, 5.41) is 0. The first kappa shape index (κ1) is 16.8.